The van der Waals surface area contributed by atoms with Crippen LogP contribution in [0.15, 0.2) is 63.8 Å². The Balaban J connectivity index is 1.10. The van der Waals surface area contributed by atoms with Crippen LogP contribution in [0, 0.1) is 0 Å². The van der Waals surface area contributed by atoms with E-state index in [0.717, 1.165) is 13.1 Å². The Kier molecular flexibility index (Phi) is 5.62. The van der Waals surface area contributed by atoms with Gasteiger partial charge in [-0.1, -0.05) is 12.1 Å². The van der Waals surface area contributed by atoms with E-state index in [2.05, 4.69) is 15.2 Å². The van der Waals surface area contributed by atoms with Crippen LogP contribution < -0.4 is 10.1 Å². The average Bonchev–Trinajstić information content (AvgIpc) is 3.38. The number of benzene rings is 2. The highest BCUT2D eigenvalue weighted by molar-refractivity contribution is 7.91. The van der Waals surface area contributed by atoms with Crippen LogP contribution in [0.5, 0.6) is 11.5 Å². The zero-order chi connectivity index (χ0) is 23.2. The number of fused-ring (bicyclic) bond motifs is 2. The molecular weight excluding hydrogens is 472 g/mol. The van der Waals surface area contributed by atoms with E-state index in [1.54, 1.807) is 41.4 Å². The molecule has 1 amide bonds. The molecule has 34 heavy (non-hydrogen) atoms. The number of carbonyl (C=O) groups excluding carboxylic acids is 2. The fourth-order valence-corrected chi connectivity index (χ4v) is 6.49. The largest absolute Gasteiger partial charge is 0.606 e. The zero-order valence-corrected chi connectivity index (χ0v) is 19.8. The van der Waals surface area contributed by atoms with Gasteiger partial charge in [-0.25, -0.2) is 4.98 Å². The molecule has 174 valence electrons. The van der Waals surface area contributed by atoms with Crippen molar-refractivity contribution < 1.29 is 18.9 Å². The number of ketones is 1. The van der Waals surface area contributed by atoms with Crippen molar-refractivity contribution in [2.24, 2.45) is 0 Å². The first kappa shape index (κ1) is 21.8. The number of carbonyl (C=O) groups is 2. The van der Waals surface area contributed by atoms with Gasteiger partial charge in [0.25, 0.3) is 5.91 Å². The Morgan fingerprint density at radius 1 is 1.12 bits per heavy atom. The molecule has 2 saturated heterocycles. The number of amides is 1. The topological polar surface area (TPSA) is 97.8 Å². The number of hydrogen-bond acceptors (Lipinski definition) is 8. The summed E-state index contributed by atoms with van der Waals surface area (Å²) in [6.07, 6.45) is 1.65. The lowest BCUT2D eigenvalue weighted by atomic mass is 10.0. The lowest BCUT2D eigenvalue weighted by Gasteiger charge is -2.47. The van der Waals surface area contributed by atoms with E-state index in [1.165, 1.54) is 11.3 Å². The van der Waals surface area contributed by atoms with E-state index >= 15 is 0 Å². The number of hydrogen-bond donors (Lipinski definition) is 1. The van der Waals surface area contributed by atoms with Gasteiger partial charge in [0.05, 0.1) is 6.04 Å². The number of rotatable bonds is 4. The minimum atomic E-state index is -1.39. The molecule has 2 atom stereocenters. The van der Waals surface area contributed by atoms with Crippen LogP contribution in [0.4, 0.5) is 0 Å². The number of ether oxygens (including phenoxy) is 1. The summed E-state index contributed by atoms with van der Waals surface area (Å²) in [5.41, 5.74) is 0.505. The maximum atomic E-state index is 13.1. The smallest absolute Gasteiger partial charge is 0.254 e. The van der Waals surface area contributed by atoms with Crippen molar-refractivity contribution in [3.8, 4) is 11.5 Å². The normalized spacial score (nSPS) is 22.3. The number of para-hydroxylation sites is 1. The van der Waals surface area contributed by atoms with Crippen molar-refractivity contribution in [2.45, 2.75) is 21.9 Å². The van der Waals surface area contributed by atoms with Crippen LogP contribution in [0.25, 0.3) is 0 Å². The number of thiazole rings is 1. The summed E-state index contributed by atoms with van der Waals surface area (Å²) < 4.78 is 18.9. The molecule has 2 aromatic carbocycles. The predicted octanol–water partition coefficient (Wildman–Crippen LogP) is 2.40. The lowest BCUT2D eigenvalue weighted by Crippen LogP contribution is -2.66. The summed E-state index contributed by atoms with van der Waals surface area (Å²) in [6.45, 7) is 3.39. The number of piperazine rings is 1. The molecule has 0 bridgehead atoms. The van der Waals surface area contributed by atoms with Crippen molar-refractivity contribution in [3.63, 3.8) is 0 Å². The Bertz CT molecular complexity index is 1250. The van der Waals surface area contributed by atoms with Gasteiger partial charge >= 0.3 is 0 Å². The molecular formula is C24H22N4O4S2. The summed E-state index contributed by atoms with van der Waals surface area (Å²) in [5, 5.41) is 5.63. The van der Waals surface area contributed by atoms with E-state index in [-0.39, 0.29) is 23.8 Å². The molecule has 2 fully saturated rings. The van der Waals surface area contributed by atoms with Crippen LogP contribution in [0.3, 0.4) is 0 Å². The Labute approximate surface area is 203 Å². The highest BCUT2D eigenvalue weighted by atomic mass is 32.2. The summed E-state index contributed by atoms with van der Waals surface area (Å²) in [5.74, 6) is 1.05. The van der Waals surface area contributed by atoms with Crippen molar-refractivity contribution in [2.75, 3.05) is 32.7 Å². The molecule has 0 radical (unpaired) electrons. The molecule has 10 heteroatoms. The molecule has 3 aliphatic rings. The molecule has 6 rings (SSSR count). The van der Waals surface area contributed by atoms with Crippen molar-refractivity contribution in [3.05, 3.63) is 64.6 Å². The molecule has 1 N–H and O–H groups in total. The molecule has 3 aromatic rings. The molecule has 0 aliphatic carbocycles. The van der Waals surface area contributed by atoms with Crippen molar-refractivity contribution in [1.82, 2.24) is 20.1 Å². The Hall–Kier alpha value is -2.76. The summed E-state index contributed by atoms with van der Waals surface area (Å²) in [7, 11) is 0. The van der Waals surface area contributed by atoms with Crippen molar-refractivity contribution in [1.29, 1.82) is 0 Å². The monoisotopic (exact) mass is 494 g/mol. The van der Waals surface area contributed by atoms with Crippen LogP contribution >= 0.6 is 11.3 Å². The molecule has 4 heterocycles. The number of Topliss-reactive ketones (excluding diaryl/α,β-unsaturated/α-hetero) is 1. The molecule has 3 aliphatic heterocycles. The summed E-state index contributed by atoms with van der Waals surface area (Å²) in [4.78, 5) is 35.1. The first-order valence-corrected chi connectivity index (χ1v) is 13.1. The lowest BCUT2D eigenvalue weighted by molar-refractivity contribution is 0.0169. The minimum Gasteiger partial charge on any atom is -0.606 e. The van der Waals surface area contributed by atoms with Gasteiger partial charge in [-0.05, 0) is 24.3 Å². The van der Waals surface area contributed by atoms with Crippen molar-refractivity contribution >= 4 is 34.2 Å². The summed E-state index contributed by atoms with van der Waals surface area (Å²) >= 11 is -0.0340. The number of nitrogens with one attached hydrogen (secondary N) is 1. The number of aromatic nitrogens is 1. The highest BCUT2D eigenvalue weighted by Crippen LogP contribution is 2.42. The van der Waals surface area contributed by atoms with Gasteiger partial charge in [0.1, 0.15) is 0 Å². The third-order valence-electron chi connectivity index (χ3n) is 6.49. The van der Waals surface area contributed by atoms with Gasteiger partial charge < -0.3 is 19.5 Å². The van der Waals surface area contributed by atoms with E-state index in [9.17, 15) is 14.1 Å². The van der Waals surface area contributed by atoms with E-state index in [4.69, 9.17) is 4.74 Å². The first-order chi connectivity index (χ1) is 16.6. The highest BCUT2D eigenvalue weighted by Gasteiger charge is 2.39. The third-order valence-corrected chi connectivity index (χ3v) is 8.73. The number of nitrogens with zero attached hydrogens (tertiary/aromatic N) is 3. The van der Waals surface area contributed by atoms with Gasteiger partial charge in [0.15, 0.2) is 16.5 Å². The quantitative estimate of drug-likeness (QED) is 0.439. The van der Waals surface area contributed by atoms with Gasteiger partial charge in [0.2, 0.25) is 15.6 Å². The van der Waals surface area contributed by atoms with E-state index in [0.29, 0.717) is 51.5 Å². The third kappa shape index (κ3) is 3.81. The molecule has 0 saturated carbocycles. The fraction of sp³-hybridized carbons (Fsp3) is 0.292. The van der Waals surface area contributed by atoms with E-state index < -0.39 is 11.2 Å². The van der Waals surface area contributed by atoms with Gasteiger partial charge in [-0.3, -0.25) is 14.5 Å². The molecule has 1 aromatic heterocycles. The number of likely N-dealkylation sites (tertiary alicyclic amines) is 1. The SMILES string of the molecule is O=C(c1nccs1)C1CN(C2CN(C(=O)c3ccc4c(c3)[S+]([O-])c3ccccc3O4)C2)CCN1. The predicted molar refractivity (Wildman–Crippen MR) is 127 cm³/mol. The average molecular weight is 495 g/mol. The molecule has 0 spiro atoms. The first-order valence-electron chi connectivity index (χ1n) is 11.1. The standard InChI is InChI=1S/C24H22N4O4S2/c29-22(23-26-8-10-33-23)17-14-27(9-7-25-17)16-12-28(13-16)24(30)15-5-6-19-21(11-15)34(31)20-4-2-1-3-18(20)32-19/h1-6,8,10-11,16-17,25H,7,9,12-14H2. The van der Waals surface area contributed by atoms with Gasteiger partial charge in [-0.2, -0.15) is 0 Å². The fourth-order valence-electron chi connectivity index (χ4n) is 4.60. The van der Waals surface area contributed by atoms with Crippen LogP contribution in [0.2, 0.25) is 0 Å². The van der Waals surface area contributed by atoms with E-state index in [1.807, 2.05) is 17.5 Å². The second-order valence-corrected chi connectivity index (χ2v) is 10.9. The van der Waals surface area contributed by atoms with Crippen LogP contribution in [0.1, 0.15) is 20.2 Å². The maximum Gasteiger partial charge on any atom is 0.254 e. The van der Waals surface area contributed by atoms with Crippen LogP contribution in [-0.2, 0) is 11.2 Å². The minimum absolute atomic E-state index is 0.0257. The second-order valence-electron chi connectivity index (χ2n) is 8.55. The summed E-state index contributed by atoms with van der Waals surface area (Å²) in [6, 6.07) is 12.3. The van der Waals surface area contributed by atoms with Gasteiger partial charge in [0, 0.05) is 73.1 Å². The molecule has 2 unspecified atom stereocenters. The Morgan fingerprint density at radius 2 is 1.94 bits per heavy atom. The maximum absolute atomic E-state index is 13.1. The second kappa shape index (κ2) is 8.79. The Morgan fingerprint density at radius 3 is 2.76 bits per heavy atom. The zero-order valence-electron chi connectivity index (χ0n) is 18.2. The molecule has 8 nitrogen and oxygen atoms in total. The van der Waals surface area contributed by atoms with Crippen LogP contribution in [-0.4, -0.2) is 75.8 Å². The van der Waals surface area contributed by atoms with Gasteiger partial charge in [-0.15, -0.1) is 11.3 Å².